The third-order valence-electron chi connectivity index (χ3n) is 2.69. The van der Waals surface area contributed by atoms with E-state index in [4.69, 9.17) is 0 Å². The van der Waals surface area contributed by atoms with Gasteiger partial charge in [-0.05, 0) is 12.3 Å². The number of halogens is 3. The molecule has 19 heavy (non-hydrogen) atoms. The average Bonchev–Trinajstić information content (AvgIpc) is 2.70. The molecule has 0 spiro atoms. The predicted molar refractivity (Wildman–Crippen MR) is 64.7 cm³/mol. The molecule has 0 saturated carbocycles. The second kappa shape index (κ2) is 5.22. The quantitative estimate of drug-likeness (QED) is 0.923. The van der Waals surface area contributed by atoms with Crippen LogP contribution in [0.25, 0.3) is 0 Å². The number of amides is 1. The Labute approximate surface area is 110 Å². The van der Waals surface area contributed by atoms with Crippen LogP contribution in [-0.4, -0.2) is 27.9 Å². The van der Waals surface area contributed by atoms with Crippen molar-refractivity contribution in [2.75, 3.05) is 0 Å². The van der Waals surface area contributed by atoms with E-state index in [1.165, 1.54) is 37.8 Å². The summed E-state index contributed by atoms with van der Waals surface area (Å²) in [6.07, 6.45) is -1.81. The van der Waals surface area contributed by atoms with E-state index < -0.39 is 23.5 Å². The minimum Gasteiger partial charge on any atom is -0.340 e. The van der Waals surface area contributed by atoms with Gasteiger partial charge in [-0.15, -0.1) is 0 Å². The lowest BCUT2D eigenvalue weighted by molar-refractivity contribution is -0.174. The molecule has 1 heterocycles. The van der Waals surface area contributed by atoms with Crippen LogP contribution < -0.4 is 5.32 Å². The molecule has 0 aliphatic carbocycles. The number of hydrogen-bond donors (Lipinski definition) is 1. The van der Waals surface area contributed by atoms with Gasteiger partial charge in [0.1, 0.15) is 6.04 Å². The molecule has 7 heteroatoms. The van der Waals surface area contributed by atoms with Crippen molar-refractivity contribution < 1.29 is 18.0 Å². The Hall–Kier alpha value is -1.53. The molecule has 0 aliphatic rings. The van der Waals surface area contributed by atoms with Crippen LogP contribution in [0, 0.1) is 5.41 Å². The number of hydrogen-bond acceptors (Lipinski definition) is 2. The SMILES string of the molecule is CCn1cc(C(=O)NC(C(C)(C)C)C(F)(F)F)cn1. The Bertz CT molecular complexity index is 432. The number of nitrogens with zero attached hydrogens (tertiary/aromatic N) is 2. The van der Waals surface area contributed by atoms with Crippen molar-refractivity contribution in [2.24, 2.45) is 5.41 Å². The number of carbonyl (C=O) groups excluding carboxylic acids is 1. The molecule has 0 saturated heterocycles. The highest BCUT2D eigenvalue weighted by Gasteiger charge is 2.47. The second-order valence-corrected chi connectivity index (χ2v) is 5.40. The first-order valence-corrected chi connectivity index (χ1v) is 5.95. The van der Waals surface area contributed by atoms with Gasteiger partial charge in [0.15, 0.2) is 0 Å². The summed E-state index contributed by atoms with van der Waals surface area (Å²) >= 11 is 0. The van der Waals surface area contributed by atoms with Gasteiger partial charge in [-0.2, -0.15) is 18.3 Å². The van der Waals surface area contributed by atoms with Crippen LogP contribution in [0.1, 0.15) is 38.1 Å². The summed E-state index contributed by atoms with van der Waals surface area (Å²) in [5.41, 5.74) is -0.991. The Kier molecular flexibility index (Phi) is 4.27. The highest BCUT2D eigenvalue weighted by molar-refractivity contribution is 5.94. The number of alkyl halides is 3. The molecule has 0 fully saturated rings. The third-order valence-corrected chi connectivity index (χ3v) is 2.69. The maximum absolute atomic E-state index is 12.9. The van der Waals surface area contributed by atoms with Crippen LogP contribution in [0.4, 0.5) is 13.2 Å². The highest BCUT2D eigenvalue weighted by Crippen LogP contribution is 2.33. The van der Waals surface area contributed by atoms with E-state index in [-0.39, 0.29) is 5.56 Å². The van der Waals surface area contributed by atoms with Crippen molar-refractivity contribution in [3.05, 3.63) is 18.0 Å². The maximum atomic E-state index is 12.9. The standard InChI is InChI=1S/C12H18F3N3O/c1-5-18-7-8(6-16-18)9(19)17-10(11(2,3)4)12(13,14)15/h6-7,10H,5H2,1-4H3,(H,17,19). The summed E-state index contributed by atoms with van der Waals surface area (Å²) < 4.78 is 40.3. The Morgan fingerprint density at radius 1 is 1.42 bits per heavy atom. The number of rotatable bonds is 3. The zero-order valence-electron chi connectivity index (χ0n) is 11.4. The van der Waals surface area contributed by atoms with E-state index in [2.05, 4.69) is 5.10 Å². The van der Waals surface area contributed by atoms with E-state index >= 15 is 0 Å². The second-order valence-electron chi connectivity index (χ2n) is 5.40. The van der Waals surface area contributed by atoms with Crippen molar-refractivity contribution in [3.63, 3.8) is 0 Å². The average molecular weight is 277 g/mol. The monoisotopic (exact) mass is 277 g/mol. The molecule has 1 atom stereocenters. The molecule has 108 valence electrons. The van der Waals surface area contributed by atoms with E-state index in [9.17, 15) is 18.0 Å². The first-order chi connectivity index (χ1) is 8.55. The fourth-order valence-corrected chi connectivity index (χ4v) is 1.66. The van der Waals surface area contributed by atoms with Crippen LogP contribution in [0.3, 0.4) is 0 Å². The number of nitrogens with one attached hydrogen (secondary N) is 1. The Morgan fingerprint density at radius 3 is 2.37 bits per heavy atom. The molecular formula is C12H18F3N3O. The van der Waals surface area contributed by atoms with Crippen molar-refractivity contribution >= 4 is 5.91 Å². The number of aryl methyl sites for hydroxylation is 1. The zero-order chi connectivity index (χ0) is 14.8. The fraction of sp³-hybridized carbons (Fsp3) is 0.667. The van der Waals surface area contributed by atoms with E-state index in [1.807, 2.05) is 12.2 Å². The maximum Gasteiger partial charge on any atom is 0.409 e. The molecule has 1 aromatic rings. The van der Waals surface area contributed by atoms with Gasteiger partial charge in [0.05, 0.1) is 11.8 Å². The molecular weight excluding hydrogens is 259 g/mol. The lowest BCUT2D eigenvalue weighted by Crippen LogP contribution is -2.53. The van der Waals surface area contributed by atoms with Gasteiger partial charge in [0, 0.05) is 12.7 Å². The predicted octanol–water partition coefficient (Wildman–Crippen LogP) is 2.61. The van der Waals surface area contributed by atoms with Crippen molar-refractivity contribution in [1.29, 1.82) is 0 Å². The number of carbonyl (C=O) groups is 1. The molecule has 1 amide bonds. The molecule has 0 radical (unpaired) electrons. The molecule has 1 aromatic heterocycles. The molecule has 4 nitrogen and oxygen atoms in total. The number of aromatic nitrogens is 2. The third kappa shape index (κ3) is 3.97. The first-order valence-electron chi connectivity index (χ1n) is 5.95. The first kappa shape index (κ1) is 15.5. The van der Waals surface area contributed by atoms with E-state index in [1.54, 1.807) is 0 Å². The lowest BCUT2D eigenvalue weighted by atomic mass is 9.86. The van der Waals surface area contributed by atoms with Crippen molar-refractivity contribution in [3.8, 4) is 0 Å². The van der Waals surface area contributed by atoms with Crippen LogP contribution in [0.5, 0.6) is 0 Å². The van der Waals surface area contributed by atoms with Crippen LogP contribution in [0.15, 0.2) is 12.4 Å². The van der Waals surface area contributed by atoms with Gasteiger partial charge in [-0.3, -0.25) is 9.48 Å². The minimum absolute atomic E-state index is 0.125. The van der Waals surface area contributed by atoms with Crippen LogP contribution >= 0.6 is 0 Å². The summed E-state index contributed by atoms with van der Waals surface area (Å²) in [5.74, 6) is -0.767. The summed E-state index contributed by atoms with van der Waals surface area (Å²) in [6.45, 7) is 6.67. The van der Waals surface area contributed by atoms with Gasteiger partial charge < -0.3 is 5.32 Å². The summed E-state index contributed by atoms with van der Waals surface area (Å²) in [7, 11) is 0. The zero-order valence-corrected chi connectivity index (χ0v) is 11.4. The summed E-state index contributed by atoms with van der Waals surface area (Å²) in [5, 5.41) is 5.90. The van der Waals surface area contributed by atoms with Crippen LogP contribution in [0.2, 0.25) is 0 Å². The van der Waals surface area contributed by atoms with Crippen molar-refractivity contribution in [2.45, 2.75) is 46.5 Å². The van der Waals surface area contributed by atoms with Crippen LogP contribution in [-0.2, 0) is 6.54 Å². The normalized spacial score (nSPS) is 14.3. The molecule has 0 aliphatic heterocycles. The van der Waals surface area contributed by atoms with Gasteiger partial charge >= 0.3 is 6.18 Å². The van der Waals surface area contributed by atoms with Crippen molar-refractivity contribution in [1.82, 2.24) is 15.1 Å². The lowest BCUT2D eigenvalue weighted by Gasteiger charge is -2.32. The molecule has 1 N–H and O–H groups in total. The topological polar surface area (TPSA) is 46.9 Å². The minimum atomic E-state index is -4.49. The summed E-state index contributed by atoms with van der Waals surface area (Å²) in [6, 6.07) is -1.91. The molecule has 1 unspecified atom stereocenters. The van der Waals surface area contributed by atoms with E-state index in [0.29, 0.717) is 6.54 Å². The summed E-state index contributed by atoms with van der Waals surface area (Å²) in [4.78, 5) is 11.8. The smallest absolute Gasteiger partial charge is 0.340 e. The molecule has 0 aromatic carbocycles. The van der Waals surface area contributed by atoms with Gasteiger partial charge in [0.25, 0.3) is 5.91 Å². The molecule has 0 bridgehead atoms. The largest absolute Gasteiger partial charge is 0.409 e. The van der Waals surface area contributed by atoms with Gasteiger partial charge in [0.2, 0.25) is 0 Å². The van der Waals surface area contributed by atoms with Gasteiger partial charge in [-0.25, -0.2) is 0 Å². The molecule has 1 rings (SSSR count). The Morgan fingerprint density at radius 2 is 2.00 bits per heavy atom. The Balaban J connectivity index is 2.88. The van der Waals surface area contributed by atoms with E-state index in [0.717, 1.165) is 0 Å². The van der Waals surface area contributed by atoms with Gasteiger partial charge in [-0.1, -0.05) is 20.8 Å². The fourth-order valence-electron chi connectivity index (χ4n) is 1.66. The highest BCUT2D eigenvalue weighted by atomic mass is 19.4.